The van der Waals surface area contributed by atoms with Crippen LogP contribution >= 0.6 is 0 Å². The lowest BCUT2D eigenvalue weighted by Crippen LogP contribution is -2.34. The molecule has 0 amide bonds. The Hall–Kier alpha value is -1.83. The average molecular weight is 246 g/mol. The Balaban J connectivity index is 2.37. The lowest BCUT2D eigenvalue weighted by Gasteiger charge is -2.15. The predicted octanol–water partition coefficient (Wildman–Crippen LogP) is -0.151. The summed E-state index contributed by atoms with van der Waals surface area (Å²) >= 11 is 0. The van der Waals surface area contributed by atoms with Crippen molar-refractivity contribution in [3.05, 3.63) is 32.9 Å². The number of aldehydes is 1. The van der Waals surface area contributed by atoms with Gasteiger partial charge in [0, 0.05) is 6.42 Å². The van der Waals surface area contributed by atoms with Crippen LogP contribution in [0.5, 0.6) is 0 Å². The van der Waals surface area contributed by atoms with Crippen LogP contribution in [0.2, 0.25) is 0 Å². The Morgan fingerprint density at radius 2 is 2.29 bits per heavy atom. The van der Waals surface area contributed by atoms with Crippen molar-refractivity contribution in [2.45, 2.75) is 24.9 Å². The van der Waals surface area contributed by atoms with E-state index in [1.165, 1.54) is 0 Å². The molecule has 1 aliphatic rings. The van der Waals surface area contributed by atoms with Crippen LogP contribution in [-0.4, -0.2) is 21.7 Å². The zero-order valence-electron chi connectivity index (χ0n) is 8.48. The molecule has 1 fully saturated rings. The van der Waals surface area contributed by atoms with Crippen LogP contribution in [0, 0.1) is 5.82 Å². The number of rotatable bonds is 2. The molecule has 1 aliphatic heterocycles. The summed E-state index contributed by atoms with van der Waals surface area (Å²) in [6, 6.07) is 0. The predicted molar refractivity (Wildman–Crippen MR) is 50.5 cm³/mol. The van der Waals surface area contributed by atoms with E-state index in [0.29, 0.717) is 10.8 Å². The van der Waals surface area contributed by atoms with Crippen LogP contribution in [0.4, 0.5) is 8.78 Å². The van der Waals surface area contributed by atoms with Crippen molar-refractivity contribution >= 4 is 6.29 Å². The summed E-state index contributed by atoms with van der Waals surface area (Å²) in [4.78, 5) is 34.2. The molecule has 1 saturated heterocycles. The van der Waals surface area contributed by atoms with E-state index in [9.17, 15) is 23.2 Å². The van der Waals surface area contributed by atoms with E-state index in [2.05, 4.69) is 0 Å². The number of nitrogens with zero attached hydrogens (tertiary/aromatic N) is 1. The lowest BCUT2D eigenvalue weighted by molar-refractivity contribution is -0.165. The number of hydrogen-bond donors (Lipinski definition) is 1. The number of H-pyrrole nitrogens is 1. The Labute approximate surface area is 92.8 Å². The van der Waals surface area contributed by atoms with Gasteiger partial charge < -0.3 is 4.74 Å². The number of halogens is 2. The lowest BCUT2D eigenvalue weighted by atomic mass is 10.2. The fourth-order valence-electron chi connectivity index (χ4n) is 1.62. The van der Waals surface area contributed by atoms with Gasteiger partial charge in [0.05, 0.1) is 6.20 Å². The highest BCUT2D eigenvalue weighted by atomic mass is 19.2. The summed E-state index contributed by atoms with van der Waals surface area (Å²) in [7, 11) is 0. The molecule has 2 heterocycles. The SMILES string of the molecule is O=CC1(F)CCC(n2cc(F)c(=O)[nH]c2=O)O1. The Morgan fingerprint density at radius 1 is 1.59 bits per heavy atom. The minimum Gasteiger partial charge on any atom is -0.316 e. The van der Waals surface area contributed by atoms with Crippen molar-refractivity contribution in [1.82, 2.24) is 9.55 Å². The topological polar surface area (TPSA) is 81.2 Å². The molecule has 1 aromatic heterocycles. The van der Waals surface area contributed by atoms with E-state index < -0.39 is 29.1 Å². The number of nitrogens with one attached hydrogen (secondary N) is 1. The highest BCUT2D eigenvalue weighted by Gasteiger charge is 2.41. The smallest absolute Gasteiger partial charge is 0.316 e. The zero-order chi connectivity index (χ0) is 12.6. The third-order valence-electron chi connectivity index (χ3n) is 2.47. The van der Waals surface area contributed by atoms with Gasteiger partial charge in [-0.25, -0.2) is 9.18 Å². The minimum absolute atomic E-state index is 0.0138. The molecule has 0 spiro atoms. The first-order chi connectivity index (χ1) is 7.95. The molecular formula is C9H8F2N2O4. The molecular weight excluding hydrogens is 238 g/mol. The second kappa shape index (κ2) is 3.88. The molecule has 2 atom stereocenters. The molecule has 0 bridgehead atoms. The molecule has 1 aromatic rings. The first kappa shape index (κ1) is 11.6. The quantitative estimate of drug-likeness (QED) is 0.736. The third-order valence-corrected chi connectivity index (χ3v) is 2.47. The van der Waals surface area contributed by atoms with Crippen LogP contribution in [0.3, 0.4) is 0 Å². The molecule has 0 radical (unpaired) electrons. The van der Waals surface area contributed by atoms with Crippen LogP contribution in [-0.2, 0) is 9.53 Å². The molecule has 6 nitrogen and oxygen atoms in total. The molecule has 92 valence electrons. The van der Waals surface area contributed by atoms with E-state index in [0.717, 1.165) is 0 Å². The number of alkyl halides is 1. The van der Waals surface area contributed by atoms with Crippen LogP contribution < -0.4 is 11.2 Å². The largest absolute Gasteiger partial charge is 0.330 e. The van der Waals surface area contributed by atoms with E-state index >= 15 is 0 Å². The van der Waals surface area contributed by atoms with Gasteiger partial charge in [-0.05, 0) is 6.42 Å². The highest BCUT2D eigenvalue weighted by molar-refractivity contribution is 5.60. The van der Waals surface area contributed by atoms with Gasteiger partial charge in [0.15, 0.2) is 6.29 Å². The number of carbonyl (C=O) groups is 1. The van der Waals surface area contributed by atoms with Gasteiger partial charge in [-0.1, -0.05) is 0 Å². The second-order valence-corrected chi connectivity index (χ2v) is 3.66. The Morgan fingerprint density at radius 3 is 2.88 bits per heavy atom. The molecule has 17 heavy (non-hydrogen) atoms. The average Bonchev–Trinajstić information content (AvgIpc) is 2.67. The maximum Gasteiger partial charge on any atom is 0.330 e. The zero-order valence-corrected chi connectivity index (χ0v) is 8.48. The van der Waals surface area contributed by atoms with Crippen LogP contribution in [0.1, 0.15) is 19.1 Å². The second-order valence-electron chi connectivity index (χ2n) is 3.66. The van der Waals surface area contributed by atoms with E-state index in [-0.39, 0.29) is 19.1 Å². The monoisotopic (exact) mass is 246 g/mol. The molecule has 2 unspecified atom stereocenters. The molecule has 1 N–H and O–H groups in total. The van der Waals surface area contributed by atoms with Crippen molar-refractivity contribution in [1.29, 1.82) is 0 Å². The normalized spacial score (nSPS) is 28.2. The van der Waals surface area contributed by atoms with E-state index in [1.807, 2.05) is 0 Å². The molecule has 0 aromatic carbocycles. The van der Waals surface area contributed by atoms with Gasteiger partial charge in [-0.15, -0.1) is 0 Å². The number of ether oxygens (including phenoxy) is 1. The first-order valence-electron chi connectivity index (χ1n) is 4.79. The first-order valence-corrected chi connectivity index (χ1v) is 4.79. The summed E-state index contributed by atoms with van der Waals surface area (Å²) in [6.07, 6.45) is -0.693. The van der Waals surface area contributed by atoms with Gasteiger partial charge in [-0.3, -0.25) is 19.1 Å². The number of hydrogen-bond acceptors (Lipinski definition) is 4. The summed E-state index contributed by atoms with van der Waals surface area (Å²) in [5, 5.41) is 0. The molecule has 8 heteroatoms. The number of aromatic amines is 1. The fraction of sp³-hybridized carbons (Fsp3) is 0.444. The van der Waals surface area contributed by atoms with E-state index in [4.69, 9.17) is 4.74 Å². The van der Waals surface area contributed by atoms with Gasteiger partial charge in [-0.2, -0.15) is 4.39 Å². The molecule has 0 saturated carbocycles. The van der Waals surface area contributed by atoms with Gasteiger partial charge in [0.2, 0.25) is 5.82 Å². The maximum absolute atomic E-state index is 13.4. The summed E-state index contributed by atoms with van der Waals surface area (Å²) in [5.41, 5.74) is -2.08. The van der Waals surface area contributed by atoms with Crippen molar-refractivity contribution in [3.63, 3.8) is 0 Å². The standard InChI is InChI=1S/C9H8F2N2O4/c10-5-3-13(8(16)12-7(5)15)6-1-2-9(11,4-14)17-6/h3-4,6H,1-2H2,(H,12,15,16). The van der Waals surface area contributed by atoms with E-state index in [1.54, 1.807) is 4.98 Å². The molecule has 2 rings (SSSR count). The third kappa shape index (κ3) is 2.03. The van der Waals surface area contributed by atoms with Crippen molar-refractivity contribution in [3.8, 4) is 0 Å². The van der Waals surface area contributed by atoms with Gasteiger partial charge in [0.1, 0.15) is 6.23 Å². The Bertz CT molecular complexity index is 567. The molecule has 0 aliphatic carbocycles. The maximum atomic E-state index is 13.4. The summed E-state index contributed by atoms with van der Waals surface area (Å²) < 4.78 is 31.8. The number of aromatic nitrogens is 2. The summed E-state index contributed by atoms with van der Waals surface area (Å²) in [5.74, 6) is -3.65. The van der Waals surface area contributed by atoms with Gasteiger partial charge >= 0.3 is 5.69 Å². The Kier molecular flexibility index (Phi) is 2.66. The van der Waals surface area contributed by atoms with Crippen LogP contribution in [0.15, 0.2) is 15.8 Å². The number of carbonyl (C=O) groups excluding carboxylic acids is 1. The highest BCUT2D eigenvalue weighted by Crippen LogP contribution is 2.35. The van der Waals surface area contributed by atoms with Crippen molar-refractivity contribution < 1.29 is 18.3 Å². The van der Waals surface area contributed by atoms with Gasteiger partial charge in [0.25, 0.3) is 11.4 Å². The fourth-order valence-corrected chi connectivity index (χ4v) is 1.62. The van der Waals surface area contributed by atoms with Crippen molar-refractivity contribution in [2.24, 2.45) is 0 Å². The van der Waals surface area contributed by atoms with Crippen LogP contribution in [0.25, 0.3) is 0 Å². The summed E-state index contributed by atoms with van der Waals surface area (Å²) in [6.45, 7) is 0. The minimum atomic E-state index is -2.46. The van der Waals surface area contributed by atoms with Crippen molar-refractivity contribution in [2.75, 3.05) is 0 Å².